The summed E-state index contributed by atoms with van der Waals surface area (Å²) >= 11 is 9.10. The zero-order valence-corrected chi connectivity index (χ0v) is 17.8. The van der Waals surface area contributed by atoms with Crippen molar-refractivity contribution < 1.29 is 14.5 Å². The Morgan fingerprint density at radius 2 is 1.61 bits per heavy atom. The summed E-state index contributed by atoms with van der Waals surface area (Å²) in [6, 6.07) is 12.8. The van der Waals surface area contributed by atoms with Gasteiger partial charge in [0.15, 0.2) is 0 Å². The molecule has 4 N–H and O–H groups in total. The van der Waals surface area contributed by atoms with E-state index in [-0.39, 0.29) is 17.2 Å². The molecule has 3 aromatic rings. The van der Waals surface area contributed by atoms with Crippen LogP contribution >= 0.6 is 27.5 Å². The molecule has 0 aliphatic carbocycles. The van der Waals surface area contributed by atoms with Gasteiger partial charge in [-0.2, -0.15) is 0 Å². The first-order valence-corrected chi connectivity index (χ1v) is 9.66. The van der Waals surface area contributed by atoms with Gasteiger partial charge in [-0.05, 0) is 46.3 Å². The number of benzene rings is 2. The minimum absolute atomic E-state index is 0.232. The fraction of sp³-hybridized carbons (Fsp3) is 0. The molecular weight excluding hydrogens is 494 g/mol. The van der Waals surface area contributed by atoms with Gasteiger partial charge < -0.3 is 0 Å². The van der Waals surface area contributed by atoms with Crippen LogP contribution in [0.4, 0.5) is 17.3 Å². The van der Waals surface area contributed by atoms with Gasteiger partial charge in [-0.25, -0.2) is 9.97 Å². The normalized spacial score (nSPS) is 10.1. The SMILES string of the molecule is O=C(NNc1ncnc(NNC(=O)c2ccccc2Br)c1[N+](=O)[O-])c1cccc(Cl)c1. The fourth-order valence-electron chi connectivity index (χ4n) is 2.38. The first-order chi connectivity index (χ1) is 14.9. The number of nitrogens with one attached hydrogen (secondary N) is 4. The maximum absolute atomic E-state index is 12.3. The second-order valence-corrected chi connectivity index (χ2v) is 7.12. The van der Waals surface area contributed by atoms with Crippen molar-refractivity contribution in [2.45, 2.75) is 0 Å². The van der Waals surface area contributed by atoms with Crippen LogP contribution in [0.1, 0.15) is 20.7 Å². The number of hydrogen-bond donors (Lipinski definition) is 4. The van der Waals surface area contributed by atoms with Gasteiger partial charge in [0.05, 0.1) is 10.5 Å². The molecule has 0 bridgehead atoms. The number of aromatic nitrogens is 2. The molecule has 0 aliphatic rings. The Morgan fingerprint density at radius 3 is 2.23 bits per heavy atom. The lowest BCUT2D eigenvalue weighted by molar-refractivity contribution is -0.383. The molecule has 0 saturated carbocycles. The van der Waals surface area contributed by atoms with E-state index in [4.69, 9.17) is 11.6 Å². The number of hydrazine groups is 2. The highest BCUT2D eigenvalue weighted by Gasteiger charge is 2.24. The lowest BCUT2D eigenvalue weighted by Crippen LogP contribution is -2.32. The standard InChI is InChI=1S/C18H13BrClN7O4/c19-13-7-2-1-6-12(13)18(29)26-24-16-14(27(30)31)15(21-9-22-16)23-25-17(28)10-4-3-5-11(20)8-10/h1-9H,(H,25,28)(H,26,29)(H2,21,22,23,24). The summed E-state index contributed by atoms with van der Waals surface area (Å²) in [6.07, 6.45) is 1.02. The Balaban J connectivity index is 1.75. The molecule has 2 aromatic carbocycles. The topological polar surface area (TPSA) is 151 Å². The zero-order valence-electron chi connectivity index (χ0n) is 15.4. The van der Waals surface area contributed by atoms with Crippen molar-refractivity contribution in [2.24, 2.45) is 0 Å². The number of amides is 2. The largest absolute Gasteiger partial charge is 0.356 e. The van der Waals surface area contributed by atoms with Crippen LogP contribution in [0.2, 0.25) is 5.02 Å². The molecule has 11 nitrogen and oxygen atoms in total. The third kappa shape index (κ3) is 5.43. The van der Waals surface area contributed by atoms with E-state index in [0.29, 0.717) is 15.1 Å². The summed E-state index contributed by atoms with van der Waals surface area (Å²) in [5.74, 6) is -1.73. The van der Waals surface area contributed by atoms with Crippen LogP contribution in [0, 0.1) is 10.1 Å². The molecule has 0 unspecified atom stereocenters. The van der Waals surface area contributed by atoms with Crippen molar-refractivity contribution >= 4 is 56.7 Å². The van der Waals surface area contributed by atoms with Gasteiger partial charge in [0.2, 0.25) is 11.6 Å². The number of carbonyl (C=O) groups is 2. The van der Waals surface area contributed by atoms with E-state index in [1.807, 2.05) is 0 Å². The molecule has 1 aromatic heterocycles. The molecular formula is C18H13BrClN7O4. The van der Waals surface area contributed by atoms with Crippen LogP contribution in [0.5, 0.6) is 0 Å². The summed E-state index contributed by atoms with van der Waals surface area (Å²) in [6.45, 7) is 0. The molecule has 0 atom stereocenters. The van der Waals surface area contributed by atoms with Crippen LogP contribution in [-0.4, -0.2) is 26.7 Å². The number of anilines is 2. The number of rotatable bonds is 7. The van der Waals surface area contributed by atoms with E-state index >= 15 is 0 Å². The highest BCUT2D eigenvalue weighted by atomic mass is 79.9. The summed E-state index contributed by atoms with van der Waals surface area (Å²) in [4.78, 5) is 42.9. The first kappa shape index (κ1) is 21.9. The first-order valence-electron chi connectivity index (χ1n) is 8.49. The zero-order chi connectivity index (χ0) is 22.4. The van der Waals surface area contributed by atoms with Crippen LogP contribution in [-0.2, 0) is 0 Å². The quantitative estimate of drug-likeness (QED) is 0.281. The van der Waals surface area contributed by atoms with Crippen molar-refractivity contribution in [3.05, 3.63) is 85.6 Å². The van der Waals surface area contributed by atoms with E-state index in [1.54, 1.807) is 36.4 Å². The van der Waals surface area contributed by atoms with Gasteiger partial charge in [-0.1, -0.05) is 29.8 Å². The fourth-order valence-corrected chi connectivity index (χ4v) is 3.04. The van der Waals surface area contributed by atoms with Gasteiger partial charge in [0.1, 0.15) is 6.33 Å². The summed E-state index contributed by atoms with van der Waals surface area (Å²) in [7, 11) is 0. The third-order valence-electron chi connectivity index (χ3n) is 3.80. The van der Waals surface area contributed by atoms with E-state index in [1.165, 1.54) is 12.1 Å². The van der Waals surface area contributed by atoms with Crippen LogP contribution in [0.3, 0.4) is 0 Å². The van der Waals surface area contributed by atoms with Gasteiger partial charge in [0.25, 0.3) is 11.8 Å². The van der Waals surface area contributed by atoms with Crippen molar-refractivity contribution in [3.63, 3.8) is 0 Å². The molecule has 13 heteroatoms. The Kier molecular flexibility index (Phi) is 6.95. The van der Waals surface area contributed by atoms with Crippen molar-refractivity contribution in [1.29, 1.82) is 0 Å². The summed E-state index contributed by atoms with van der Waals surface area (Å²) < 4.78 is 0.539. The number of halogens is 2. The monoisotopic (exact) mass is 505 g/mol. The van der Waals surface area contributed by atoms with Crippen LogP contribution in [0.15, 0.2) is 59.3 Å². The molecule has 1 heterocycles. The third-order valence-corrected chi connectivity index (χ3v) is 4.73. The van der Waals surface area contributed by atoms with Crippen molar-refractivity contribution in [1.82, 2.24) is 20.8 Å². The minimum atomic E-state index is -0.763. The van der Waals surface area contributed by atoms with E-state index in [2.05, 4.69) is 47.6 Å². The van der Waals surface area contributed by atoms with Gasteiger partial charge in [-0.3, -0.25) is 41.4 Å². The molecule has 0 fully saturated rings. The van der Waals surface area contributed by atoms with Crippen LogP contribution in [0.25, 0.3) is 0 Å². The summed E-state index contributed by atoms with van der Waals surface area (Å²) in [5, 5.41) is 11.9. The molecule has 0 saturated heterocycles. The second kappa shape index (κ2) is 9.82. The predicted molar refractivity (Wildman–Crippen MR) is 116 cm³/mol. The summed E-state index contributed by atoms with van der Waals surface area (Å²) in [5.41, 5.74) is 9.36. The predicted octanol–water partition coefficient (Wildman–Crippen LogP) is 3.31. The maximum Gasteiger partial charge on any atom is 0.356 e. The van der Waals surface area contributed by atoms with E-state index < -0.39 is 22.4 Å². The van der Waals surface area contributed by atoms with Gasteiger partial charge in [0, 0.05) is 15.1 Å². The molecule has 158 valence electrons. The smallest absolute Gasteiger partial charge is 0.276 e. The molecule has 0 aliphatic heterocycles. The van der Waals surface area contributed by atoms with Gasteiger partial charge >= 0.3 is 5.69 Å². The Morgan fingerprint density at radius 1 is 0.968 bits per heavy atom. The number of nitro groups is 1. The Bertz CT molecular complexity index is 1160. The average molecular weight is 507 g/mol. The molecule has 31 heavy (non-hydrogen) atoms. The Labute approximate surface area is 188 Å². The second-order valence-electron chi connectivity index (χ2n) is 5.83. The number of hydrogen-bond acceptors (Lipinski definition) is 8. The number of carbonyl (C=O) groups excluding carboxylic acids is 2. The van der Waals surface area contributed by atoms with E-state index in [9.17, 15) is 19.7 Å². The average Bonchev–Trinajstić information content (AvgIpc) is 2.75. The number of nitrogens with zero attached hydrogens (tertiary/aromatic N) is 3. The van der Waals surface area contributed by atoms with Crippen molar-refractivity contribution in [3.8, 4) is 0 Å². The van der Waals surface area contributed by atoms with Gasteiger partial charge in [-0.15, -0.1) is 0 Å². The molecule has 0 spiro atoms. The molecule has 0 radical (unpaired) electrons. The minimum Gasteiger partial charge on any atom is -0.276 e. The highest BCUT2D eigenvalue weighted by Crippen LogP contribution is 2.28. The molecule has 2 amide bonds. The maximum atomic E-state index is 12.3. The van der Waals surface area contributed by atoms with Crippen LogP contribution < -0.4 is 21.7 Å². The Hall–Kier alpha value is -3.77. The van der Waals surface area contributed by atoms with Crippen molar-refractivity contribution in [2.75, 3.05) is 10.9 Å². The lowest BCUT2D eigenvalue weighted by atomic mass is 10.2. The lowest BCUT2D eigenvalue weighted by Gasteiger charge is -2.12. The highest BCUT2D eigenvalue weighted by molar-refractivity contribution is 9.10. The van der Waals surface area contributed by atoms with E-state index in [0.717, 1.165) is 6.33 Å². The molecule has 3 rings (SSSR count).